The van der Waals surface area contributed by atoms with Crippen molar-refractivity contribution in [1.29, 1.82) is 0 Å². The van der Waals surface area contributed by atoms with E-state index in [4.69, 9.17) is 95.2 Å². The van der Waals surface area contributed by atoms with Crippen molar-refractivity contribution < 1.29 is 148 Å². The lowest BCUT2D eigenvalue weighted by molar-refractivity contribution is -0.288. The van der Waals surface area contributed by atoms with Crippen molar-refractivity contribution in [1.82, 2.24) is 19.9 Å². The molecule has 3 saturated heterocycles. The van der Waals surface area contributed by atoms with E-state index in [0.29, 0.717) is 89.4 Å². The average Bonchev–Trinajstić information content (AvgIpc) is 1.61. The molecule has 0 amide bonds. The van der Waals surface area contributed by atoms with Gasteiger partial charge in [0.05, 0.1) is 22.8 Å². The first-order chi connectivity index (χ1) is 57.7. The van der Waals surface area contributed by atoms with E-state index >= 15 is 0 Å². The van der Waals surface area contributed by atoms with Crippen LogP contribution in [0.3, 0.4) is 0 Å². The molecule has 634 valence electrons. The number of aromatic nitrogens is 4. The van der Waals surface area contributed by atoms with E-state index in [0.717, 1.165) is 83.1 Å². The van der Waals surface area contributed by atoms with Gasteiger partial charge in [-0.2, -0.15) is 0 Å². The van der Waals surface area contributed by atoms with Crippen LogP contribution >= 0.6 is 0 Å². The van der Waals surface area contributed by atoms with Crippen molar-refractivity contribution in [2.24, 2.45) is 0 Å². The fourth-order valence-electron chi connectivity index (χ4n) is 14.4. The molecule has 3 N–H and O–H groups in total. The molecule has 0 radical (unpaired) electrons. The number of aromatic amines is 2. The second kappa shape index (κ2) is 37.9. The summed E-state index contributed by atoms with van der Waals surface area (Å²) < 4.78 is 105. The third kappa shape index (κ3) is 21.0. The summed E-state index contributed by atoms with van der Waals surface area (Å²) in [4.78, 5) is 169. The van der Waals surface area contributed by atoms with E-state index in [-0.39, 0.29) is 23.0 Å². The number of fused-ring (bicyclic) bond motifs is 8. The van der Waals surface area contributed by atoms with Gasteiger partial charge in [0.1, 0.15) is 61.1 Å². The van der Waals surface area contributed by atoms with Crippen LogP contribution in [0.2, 0.25) is 0 Å². The molecule has 4 aromatic carbocycles. The summed E-state index contributed by atoms with van der Waals surface area (Å²) in [5.74, 6) is -9.54. The number of para-hydroxylation sites is 1. The summed E-state index contributed by atoms with van der Waals surface area (Å²) in [5.41, 5.74) is 7.22. The predicted molar refractivity (Wildman–Crippen MR) is 420 cm³/mol. The molecule has 0 saturated carbocycles. The number of rotatable bonds is 25. The van der Waals surface area contributed by atoms with Crippen molar-refractivity contribution in [2.75, 3.05) is 19.8 Å². The van der Waals surface area contributed by atoms with Crippen LogP contribution in [0.15, 0.2) is 121 Å². The van der Waals surface area contributed by atoms with Crippen molar-refractivity contribution in [2.45, 2.75) is 175 Å². The van der Waals surface area contributed by atoms with Crippen molar-refractivity contribution >= 4 is 118 Å². The van der Waals surface area contributed by atoms with Gasteiger partial charge in [-0.1, -0.05) is 54.6 Å². The van der Waals surface area contributed by atoms with Crippen molar-refractivity contribution in [3.63, 3.8) is 0 Å². The molecule has 3 fully saturated rings. The highest BCUT2D eigenvalue weighted by atomic mass is 16.8. The third-order valence-corrected chi connectivity index (χ3v) is 19.0. The first-order valence-electron chi connectivity index (χ1n) is 37.9. The van der Waals surface area contributed by atoms with Gasteiger partial charge in [0.15, 0.2) is 36.6 Å². The standard InChI is InChI=1S/C86H84N4O31/c1-40(91)104-37-68-75(107-43(4)94)78(110-46(7)97)81(113-49(10)100)84(119-68)116-55-23-17-52(18-24-55)71-59-29-31-61(87-59)72(53-19-25-56(26-20-53)117-85-82(114-50(11)101)79(111-47(8)98)76(108-44(5)95)69(120-85)38-105-41(2)92)63-33-35-65(89-63)74(58-15-13-14-16-67(58)103)66-36-34-64(90-66)73(62-32-30-60(71)88-62)54-21-27-57(28-22-54)118-86-83(115-51(12)102)80(112-48(9)99)77(109-45(6)96)70(121-86)39-106-42(3)93/h13-36,68-70,75-87,90,103H,37-39H2,1-12H3/t68-,69-,70-,75-,76-,77-,78+,79+,80+,81-,82-,83-,84-,85-,86-/m1/s1. The summed E-state index contributed by atoms with van der Waals surface area (Å²) in [6.45, 7) is 11.8. The Labute approximate surface area is 689 Å². The number of nitrogens with zero attached hydrogens (tertiary/aromatic N) is 2. The van der Waals surface area contributed by atoms with Crippen LogP contribution in [0.4, 0.5) is 0 Å². The van der Waals surface area contributed by atoms with Crippen LogP contribution in [0.25, 0.3) is 90.9 Å². The first-order valence-corrected chi connectivity index (χ1v) is 37.9. The van der Waals surface area contributed by atoms with Crippen LogP contribution in [0.1, 0.15) is 106 Å². The van der Waals surface area contributed by atoms with E-state index in [1.807, 2.05) is 24.3 Å². The molecule has 7 aromatic rings. The molecule has 35 heteroatoms. The highest BCUT2D eigenvalue weighted by Gasteiger charge is 2.57. The third-order valence-electron chi connectivity index (χ3n) is 19.0. The minimum absolute atomic E-state index is 0.0943. The Balaban J connectivity index is 1.03. The Morgan fingerprint density at radius 2 is 0.537 bits per heavy atom. The van der Waals surface area contributed by atoms with Crippen molar-refractivity contribution in [3.8, 4) is 67.5 Å². The molecule has 5 aliphatic rings. The van der Waals surface area contributed by atoms with Gasteiger partial charge in [-0.05, 0) is 108 Å². The molecular formula is C86H84N4O31. The summed E-state index contributed by atoms with van der Waals surface area (Å²) in [7, 11) is 0. The Bertz CT molecular complexity index is 5270. The number of carbonyl (C=O) groups is 12. The zero-order chi connectivity index (χ0) is 86.8. The largest absolute Gasteiger partial charge is 0.507 e. The first kappa shape index (κ1) is 86.5. The molecule has 0 unspecified atom stereocenters. The van der Waals surface area contributed by atoms with Crippen LogP contribution < -0.4 is 14.2 Å². The van der Waals surface area contributed by atoms with Gasteiger partial charge in [-0.25, -0.2) is 9.97 Å². The lowest BCUT2D eigenvalue weighted by Gasteiger charge is -2.43. The van der Waals surface area contributed by atoms with Gasteiger partial charge in [0.25, 0.3) is 0 Å². The lowest BCUT2D eigenvalue weighted by atomic mass is 9.98. The second-order valence-corrected chi connectivity index (χ2v) is 28.1. The fourth-order valence-corrected chi connectivity index (χ4v) is 14.4. The number of phenols is 1. The quantitative estimate of drug-likeness (QED) is 0.0354. The molecule has 8 heterocycles. The second-order valence-electron chi connectivity index (χ2n) is 28.1. The Hall–Kier alpha value is -13.8. The number of benzene rings is 4. The maximum absolute atomic E-state index is 12.9. The van der Waals surface area contributed by atoms with Gasteiger partial charge in [0.2, 0.25) is 37.2 Å². The molecule has 35 nitrogen and oxygen atoms in total. The van der Waals surface area contributed by atoms with Gasteiger partial charge in [0, 0.05) is 133 Å². The van der Waals surface area contributed by atoms with E-state index in [1.165, 1.54) is 6.07 Å². The number of H-pyrrole nitrogens is 2. The Kier molecular flexibility index (Phi) is 27.1. The van der Waals surface area contributed by atoms with Crippen LogP contribution in [0.5, 0.6) is 23.0 Å². The summed E-state index contributed by atoms with van der Waals surface area (Å²) in [6.07, 6.45) is -15.4. The predicted octanol–water partition coefficient (Wildman–Crippen LogP) is 9.41. The minimum Gasteiger partial charge on any atom is -0.507 e. The van der Waals surface area contributed by atoms with Gasteiger partial charge >= 0.3 is 71.6 Å². The monoisotopic (exact) mass is 1670 g/mol. The number of carbonyl (C=O) groups excluding carboxylic acids is 12. The molecule has 15 atom stereocenters. The highest BCUT2D eigenvalue weighted by molar-refractivity contribution is 6.00. The number of esters is 12. The van der Waals surface area contributed by atoms with Gasteiger partial charge in [-0.15, -0.1) is 0 Å². The number of nitrogens with one attached hydrogen (secondary N) is 2. The molecular weight excluding hydrogens is 1580 g/mol. The van der Waals surface area contributed by atoms with Crippen molar-refractivity contribution in [3.05, 3.63) is 144 Å². The zero-order valence-electron chi connectivity index (χ0n) is 67.2. The summed E-state index contributed by atoms with van der Waals surface area (Å²) in [6, 6.07) is 33.7. The minimum atomic E-state index is -1.61. The van der Waals surface area contributed by atoms with E-state index in [2.05, 4.69) is 9.97 Å². The maximum atomic E-state index is 12.9. The molecule has 0 aliphatic carbocycles. The topological polar surface area (TPSA) is 449 Å². The molecule has 5 aliphatic heterocycles. The van der Waals surface area contributed by atoms with Crippen LogP contribution in [0, 0.1) is 0 Å². The number of hydrogen-bond acceptors (Lipinski definition) is 33. The zero-order valence-corrected chi connectivity index (χ0v) is 67.2. The lowest BCUT2D eigenvalue weighted by Crippen LogP contribution is -2.63. The highest BCUT2D eigenvalue weighted by Crippen LogP contribution is 2.43. The fraction of sp³-hybridized carbons (Fsp3) is 0.349. The van der Waals surface area contributed by atoms with Gasteiger partial charge < -0.3 is 100 Å². The SMILES string of the molecule is CC(=O)OC[C@H]1O[C@@H](Oc2ccc(-c3c4nc(c(-c5ccc(O[C@@H]6O[C@H](COC(C)=O)[C@@H](OC(C)=O)[C@H](OC(C)=O)[C@H]6OC(C)=O)cc5)c5ccc([nH]5)c(-c5ccccc5O)c5nc(c(-c6ccc(O[C@@H]7O[C@H](COC(C)=O)[C@@H](OC(C)=O)[C@H](OC(C)=O)[C@H]7OC(C)=O)cc6)c6ccc3[nH]6)C=C5)C=C4)cc2)[C@H](OC(C)=O)[C@@H](OC(C)=O)[C@@H]1OC(C)=O. The number of phenolic OH excluding ortho intramolecular Hbond substituents is 1. The number of aromatic hydroxyl groups is 1. The molecule has 0 spiro atoms. The molecule has 121 heavy (non-hydrogen) atoms. The average molecular weight is 1670 g/mol. The van der Waals surface area contributed by atoms with Gasteiger partial charge in [-0.3, -0.25) is 57.5 Å². The van der Waals surface area contributed by atoms with E-state index in [1.54, 1.807) is 115 Å². The van der Waals surface area contributed by atoms with Crippen LogP contribution in [-0.4, -0.2) is 209 Å². The summed E-state index contributed by atoms with van der Waals surface area (Å²) >= 11 is 0. The number of ether oxygens (including phenoxy) is 18. The normalized spacial score (nSPS) is 22.7. The molecule has 12 rings (SSSR count). The van der Waals surface area contributed by atoms with Crippen LogP contribution in [-0.2, 0) is 129 Å². The number of hydrogen-bond donors (Lipinski definition) is 3. The van der Waals surface area contributed by atoms with E-state index < -0.39 is 184 Å². The molecule has 8 bridgehead atoms. The molecule has 3 aromatic heterocycles. The van der Waals surface area contributed by atoms with E-state index in [9.17, 15) is 62.6 Å². The Morgan fingerprint density at radius 1 is 0.298 bits per heavy atom. The maximum Gasteiger partial charge on any atom is 0.303 e. The Morgan fingerprint density at radius 3 is 0.793 bits per heavy atom. The smallest absolute Gasteiger partial charge is 0.303 e. The summed E-state index contributed by atoms with van der Waals surface area (Å²) in [5, 5.41) is 11.8.